The molecular formula is C96H56N8OS. The summed E-state index contributed by atoms with van der Waals surface area (Å²) in [4.78, 5) is 21.3. The molecule has 0 atom stereocenters. The Balaban J connectivity index is 0.000000129. The number of aromatic nitrogens is 8. The van der Waals surface area contributed by atoms with Gasteiger partial charge in [-0.3, -0.25) is 9.13 Å². The van der Waals surface area contributed by atoms with Crippen molar-refractivity contribution < 1.29 is 4.42 Å². The zero-order valence-corrected chi connectivity index (χ0v) is 57.5. The van der Waals surface area contributed by atoms with E-state index in [2.05, 4.69) is 346 Å². The van der Waals surface area contributed by atoms with Crippen molar-refractivity contribution in [2.75, 3.05) is 0 Å². The minimum Gasteiger partial charge on any atom is -0.456 e. The van der Waals surface area contributed by atoms with Crippen LogP contribution in [-0.4, -0.2) is 38.2 Å². The van der Waals surface area contributed by atoms with Gasteiger partial charge in [-0.25, -0.2) is 19.9 Å². The van der Waals surface area contributed by atoms with E-state index in [-0.39, 0.29) is 0 Å². The van der Waals surface area contributed by atoms with E-state index in [1.54, 1.807) is 0 Å². The molecule has 0 unspecified atom stereocenters. The van der Waals surface area contributed by atoms with Crippen LogP contribution in [0.2, 0.25) is 0 Å². The number of nitrogens with zero attached hydrogens (tertiary/aromatic N) is 8. The van der Waals surface area contributed by atoms with Gasteiger partial charge in [-0.15, -0.1) is 11.3 Å². The maximum Gasteiger partial charge on any atom is 0.235 e. The zero-order valence-electron chi connectivity index (χ0n) is 56.7. The lowest BCUT2D eigenvalue weighted by Gasteiger charge is -2.12. The van der Waals surface area contributed by atoms with Crippen molar-refractivity contribution in [3.63, 3.8) is 0 Å². The third-order valence-electron chi connectivity index (χ3n) is 21.8. The predicted molar refractivity (Wildman–Crippen MR) is 442 cm³/mol. The molecular weight excluding hydrogens is 1310 g/mol. The second-order valence-corrected chi connectivity index (χ2v) is 28.7. The lowest BCUT2D eigenvalue weighted by Crippen LogP contribution is -2.03. The van der Waals surface area contributed by atoms with Gasteiger partial charge in [-0.2, -0.15) is 0 Å². The van der Waals surface area contributed by atoms with Crippen LogP contribution in [0.15, 0.2) is 344 Å². The summed E-state index contributed by atoms with van der Waals surface area (Å²) in [6, 6.07) is 121. The maximum atomic E-state index is 6.18. The number of rotatable bonds is 6. The van der Waals surface area contributed by atoms with E-state index in [1.165, 1.54) is 95.8 Å². The summed E-state index contributed by atoms with van der Waals surface area (Å²) in [5.41, 5.74) is 18.8. The Morgan fingerprint density at radius 3 is 1.16 bits per heavy atom. The molecule has 0 spiro atoms. The molecule has 0 radical (unpaired) electrons. The van der Waals surface area contributed by atoms with Crippen molar-refractivity contribution in [1.29, 1.82) is 0 Å². The molecule has 0 fully saturated rings. The van der Waals surface area contributed by atoms with Crippen LogP contribution in [0, 0.1) is 0 Å². The SMILES string of the molecule is c1ccc2c(c1)ccc1c2c2ccccc2n1-c1nc(-c2ccc3c(c2)c2ccccc2n3-c2ccc3oc4ccccc4c3c2)c2ccccc2n1.c1ccc2c(c1)ccc1c2c2ccccc2n1-c1nc(-c2ccc3c(c2)c2ccccc2n3-c2ccc3sc4ccccc4c3c2)c2ccccc2n1. The normalized spacial score (nSPS) is 12.2. The number of hydrogen-bond acceptors (Lipinski definition) is 6. The molecule has 0 aliphatic carbocycles. The van der Waals surface area contributed by atoms with Crippen LogP contribution in [0.25, 0.3) is 218 Å². The van der Waals surface area contributed by atoms with E-state index in [1.807, 2.05) is 23.5 Å². The van der Waals surface area contributed by atoms with E-state index in [9.17, 15) is 0 Å². The Morgan fingerprint density at radius 2 is 0.613 bits per heavy atom. The van der Waals surface area contributed by atoms with E-state index in [0.29, 0.717) is 11.9 Å². The molecule has 8 aromatic heterocycles. The fourth-order valence-electron chi connectivity index (χ4n) is 17.2. The van der Waals surface area contributed by atoms with Crippen LogP contribution in [0.3, 0.4) is 0 Å². The Labute approximate surface area is 608 Å². The average Bonchev–Trinajstić information content (AvgIpc) is 1.60. The van der Waals surface area contributed by atoms with Gasteiger partial charge in [0.1, 0.15) is 11.2 Å². The summed E-state index contributed by atoms with van der Waals surface area (Å²) in [6.45, 7) is 0. The Bertz CT molecular complexity index is 7410. The zero-order chi connectivity index (χ0) is 69.2. The van der Waals surface area contributed by atoms with Crippen LogP contribution in [0.4, 0.5) is 0 Å². The number of fused-ring (bicyclic) bond motifs is 24. The maximum absolute atomic E-state index is 6.18. The molecule has 0 saturated carbocycles. The summed E-state index contributed by atoms with van der Waals surface area (Å²) < 4.78 is 18.0. The first kappa shape index (κ1) is 58.6. The summed E-state index contributed by atoms with van der Waals surface area (Å²) in [6.07, 6.45) is 0. The van der Waals surface area contributed by atoms with Gasteiger partial charge in [-0.1, -0.05) is 218 Å². The van der Waals surface area contributed by atoms with Gasteiger partial charge in [-0.05, 0) is 143 Å². The van der Waals surface area contributed by atoms with Gasteiger partial charge in [0.25, 0.3) is 0 Å². The number of benzene rings is 16. The molecule has 0 aliphatic rings. The summed E-state index contributed by atoms with van der Waals surface area (Å²) >= 11 is 1.85. The highest BCUT2D eigenvalue weighted by Gasteiger charge is 2.24. The largest absolute Gasteiger partial charge is 0.456 e. The van der Waals surface area contributed by atoms with Crippen LogP contribution in [-0.2, 0) is 0 Å². The molecule has 10 heteroatoms. The first-order valence-corrected chi connectivity index (χ1v) is 36.7. The van der Waals surface area contributed by atoms with Gasteiger partial charge in [0.05, 0.1) is 66.6 Å². The van der Waals surface area contributed by atoms with E-state index in [4.69, 9.17) is 24.4 Å². The summed E-state index contributed by atoms with van der Waals surface area (Å²) in [7, 11) is 0. The Hall–Kier alpha value is -14.1. The highest BCUT2D eigenvalue weighted by atomic mass is 32.1. The quantitative estimate of drug-likeness (QED) is 0.166. The standard InChI is InChI=1S/C48H28N4O.C48H28N4S/c2*1-2-12-32-29(11-1)21-25-43-46(32)36-16-5-9-19-41(36)52(43)48-49-39-17-7-3-15-35(39)47(50-48)30-22-24-42-37(27-30)33-13-4-8-18-40(33)51(42)31-23-26-45-38(28-31)34-14-6-10-20-44(34)53-45/h2*1-28H. The first-order chi connectivity index (χ1) is 52.6. The van der Waals surface area contributed by atoms with Crippen LogP contribution >= 0.6 is 11.3 Å². The topological polar surface area (TPSA) is 84.4 Å². The van der Waals surface area contributed by atoms with Crippen molar-refractivity contribution in [3.05, 3.63) is 340 Å². The lowest BCUT2D eigenvalue weighted by atomic mass is 10.0. The number of hydrogen-bond donors (Lipinski definition) is 0. The van der Waals surface area contributed by atoms with Gasteiger partial charge < -0.3 is 13.6 Å². The fourth-order valence-corrected chi connectivity index (χ4v) is 18.3. The van der Waals surface area contributed by atoms with Crippen molar-refractivity contribution in [2.24, 2.45) is 0 Å². The summed E-state index contributed by atoms with van der Waals surface area (Å²) in [5, 5.41) is 21.4. The number of furan rings is 1. The second kappa shape index (κ2) is 22.7. The molecule has 0 aliphatic heterocycles. The second-order valence-electron chi connectivity index (χ2n) is 27.6. The number of thiophene rings is 1. The van der Waals surface area contributed by atoms with E-state index in [0.717, 1.165) is 111 Å². The highest BCUT2D eigenvalue weighted by molar-refractivity contribution is 7.25. The molecule has 106 heavy (non-hydrogen) atoms. The first-order valence-electron chi connectivity index (χ1n) is 35.8. The molecule has 8 heterocycles. The van der Waals surface area contributed by atoms with Crippen molar-refractivity contribution in [2.45, 2.75) is 0 Å². The van der Waals surface area contributed by atoms with Gasteiger partial charge in [0.15, 0.2) is 0 Å². The fraction of sp³-hybridized carbons (Fsp3) is 0. The molecule has 0 amide bonds. The molecule has 9 nitrogen and oxygen atoms in total. The molecule has 24 rings (SSSR count). The van der Waals surface area contributed by atoms with Crippen LogP contribution < -0.4 is 0 Å². The van der Waals surface area contributed by atoms with Gasteiger partial charge in [0.2, 0.25) is 11.9 Å². The Kier molecular flexibility index (Phi) is 12.6. The average molecular weight is 1370 g/mol. The molecule has 492 valence electrons. The van der Waals surface area contributed by atoms with Crippen LogP contribution in [0.5, 0.6) is 0 Å². The van der Waals surface area contributed by atoms with E-state index < -0.39 is 0 Å². The van der Waals surface area contributed by atoms with E-state index >= 15 is 0 Å². The third-order valence-corrected chi connectivity index (χ3v) is 23.0. The predicted octanol–water partition coefficient (Wildman–Crippen LogP) is 25.6. The molecule has 24 aromatic rings. The van der Waals surface area contributed by atoms with Crippen LogP contribution in [0.1, 0.15) is 0 Å². The lowest BCUT2D eigenvalue weighted by molar-refractivity contribution is 0.669. The molecule has 0 N–H and O–H groups in total. The highest BCUT2D eigenvalue weighted by Crippen LogP contribution is 2.45. The Morgan fingerprint density at radius 1 is 0.226 bits per heavy atom. The minimum atomic E-state index is 0.656. The number of para-hydroxylation sites is 7. The molecule has 0 saturated heterocycles. The third kappa shape index (κ3) is 8.70. The van der Waals surface area contributed by atoms with Crippen molar-refractivity contribution >= 4 is 184 Å². The monoisotopic (exact) mass is 1370 g/mol. The van der Waals surface area contributed by atoms with Gasteiger partial charge >= 0.3 is 0 Å². The smallest absolute Gasteiger partial charge is 0.235 e. The van der Waals surface area contributed by atoms with Crippen molar-refractivity contribution in [1.82, 2.24) is 38.2 Å². The molecule has 0 bridgehead atoms. The molecule has 16 aromatic carbocycles. The summed E-state index contributed by atoms with van der Waals surface area (Å²) in [5.74, 6) is 1.32. The minimum absolute atomic E-state index is 0.656. The van der Waals surface area contributed by atoms with Crippen molar-refractivity contribution in [3.8, 4) is 45.8 Å². The van der Waals surface area contributed by atoms with Gasteiger partial charge in [0, 0.05) is 107 Å².